The molecule has 0 radical (unpaired) electrons. The Morgan fingerprint density at radius 1 is 1.37 bits per heavy atom. The van der Waals surface area contributed by atoms with Crippen molar-refractivity contribution in [3.8, 4) is 5.75 Å². The zero-order valence-electron chi connectivity index (χ0n) is 11.5. The molecule has 0 spiro atoms. The SMILES string of the molecule is COc1cccc(C(=O)N(C)[C@H]2CCCC[C@H]2O)c1. The summed E-state index contributed by atoms with van der Waals surface area (Å²) < 4.78 is 5.13. The molecule has 1 saturated carbocycles. The average Bonchev–Trinajstić information content (AvgIpc) is 2.46. The molecule has 4 nitrogen and oxygen atoms in total. The molecule has 1 aromatic rings. The number of methoxy groups -OCH3 is 1. The monoisotopic (exact) mass is 263 g/mol. The highest BCUT2D eigenvalue weighted by Crippen LogP contribution is 2.24. The number of carbonyl (C=O) groups excluding carboxylic acids is 1. The molecule has 0 heterocycles. The summed E-state index contributed by atoms with van der Waals surface area (Å²) >= 11 is 0. The number of rotatable bonds is 3. The van der Waals surface area contributed by atoms with Crippen LogP contribution >= 0.6 is 0 Å². The van der Waals surface area contributed by atoms with E-state index in [9.17, 15) is 9.90 Å². The predicted octanol–water partition coefficient (Wildman–Crippen LogP) is 2.07. The maximum absolute atomic E-state index is 12.4. The van der Waals surface area contributed by atoms with E-state index >= 15 is 0 Å². The summed E-state index contributed by atoms with van der Waals surface area (Å²) in [5.41, 5.74) is 0.597. The minimum atomic E-state index is -0.409. The van der Waals surface area contributed by atoms with Crippen molar-refractivity contribution in [2.24, 2.45) is 0 Å². The summed E-state index contributed by atoms with van der Waals surface area (Å²) in [4.78, 5) is 14.1. The second-order valence-electron chi connectivity index (χ2n) is 5.07. The van der Waals surface area contributed by atoms with Crippen molar-refractivity contribution in [3.63, 3.8) is 0 Å². The summed E-state index contributed by atoms with van der Waals surface area (Å²) in [6.45, 7) is 0. The molecule has 0 unspecified atom stereocenters. The van der Waals surface area contributed by atoms with Gasteiger partial charge < -0.3 is 14.7 Å². The van der Waals surface area contributed by atoms with E-state index < -0.39 is 6.10 Å². The molecule has 1 aliphatic carbocycles. The van der Waals surface area contributed by atoms with Crippen molar-refractivity contribution in [3.05, 3.63) is 29.8 Å². The maximum atomic E-state index is 12.4. The van der Waals surface area contributed by atoms with Crippen molar-refractivity contribution >= 4 is 5.91 Å². The van der Waals surface area contributed by atoms with Gasteiger partial charge in [-0.2, -0.15) is 0 Å². The van der Waals surface area contributed by atoms with Gasteiger partial charge in [0.05, 0.1) is 19.3 Å². The van der Waals surface area contributed by atoms with E-state index in [4.69, 9.17) is 4.74 Å². The Labute approximate surface area is 114 Å². The first-order valence-corrected chi connectivity index (χ1v) is 6.72. The third kappa shape index (κ3) is 3.07. The van der Waals surface area contributed by atoms with Crippen molar-refractivity contribution in [1.29, 1.82) is 0 Å². The minimum absolute atomic E-state index is 0.0650. The first kappa shape index (κ1) is 13.9. The van der Waals surface area contributed by atoms with Gasteiger partial charge in [-0.15, -0.1) is 0 Å². The quantitative estimate of drug-likeness (QED) is 0.908. The number of benzene rings is 1. The Hall–Kier alpha value is -1.55. The molecule has 19 heavy (non-hydrogen) atoms. The van der Waals surface area contributed by atoms with Crippen LogP contribution in [0.2, 0.25) is 0 Å². The highest BCUT2D eigenvalue weighted by atomic mass is 16.5. The molecule has 0 bridgehead atoms. The number of likely N-dealkylation sites (N-methyl/N-ethyl adjacent to an activating group) is 1. The molecule has 1 N–H and O–H groups in total. The molecule has 104 valence electrons. The first-order chi connectivity index (χ1) is 9.13. The molecule has 1 aromatic carbocycles. The normalized spacial score (nSPS) is 22.9. The molecule has 4 heteroatoms. The van der Waals surface area contributed by atoms with E-state index in [1.165, 1.54) is 0 Å². The smallest absolute Gasteiger partial charge is 0.254 e. The van der Waals surface area contributed by atoms with Gasteiger partial charge in [-0.3, -0.25) is 4.79 Å². The minimum Gasteiger partial charge on any atom is -0.497 e. The second-order valence-corrected chi connectivity index (χ2v) is 5.07. The van der Waals surface area contributed by atoms with Crippen LogP contribution in [0.1, 0.15) is 36.0 Å². The fourth-order valence-corrected chi connectivity index (χ4v) is 2.65. The van der Waals surface area contributed by atoms with Crippen LogP contribution in [-0.4, -0.2) is 42.2 Å². The Balaban J connectivity index is 2.13. The molecule has 1 amide bonds. The fourth-order valence-electron chi connectivity index (χ4n) is 2.65. The lowest BCUT2D eigenvalue weighted by Crippen LogP contribution is -2.46. The van der Waals surface area contributed by atoms with E-state index in [1.54, 1.807) is 37.3 Å². The van der Waals surface area contributed by atoms with Crippen LogP contribution in [0.15, 0.2) is 24.3 Å². The van der Waals surface area contributed by atoms with Crippen molar-refractivity contribution in [2.45, 2.75) is 37.8 Å². The summed E-state index contributed by atoms with van der Waals surface area (Å²) in [5, 5.41) is 10.0. The van der Waals surface area contributed by atoms with Crippen molar-refractivity contribution in [2.75, 3.05) is 14.2 Å². The van der Waals surface area contributed by atoms with Gasteiger partial charge in [0, 0.05) is 12.6 Å². The molecule has 0 aliphatic heterocycles. The number of hydrogen-bond acceptors (Lipinski definition) is 3. The number of ether oxygens (including phenoxy) is 1. The van der Waals surface area contributed by atoms with Crippen LogP contribution < -0.4 is 4.74 Å². The lowest BCUT2D eigenvalue weighted by atomic mass is 9.91. The summed E-state index contributed by atoms with van der Waals surface area (Å²) in [7, 11) is 3.35. The molecular weight excluding hydrogens is 242 g/mol. The van der Waals surface area contributed by atoms with Crippen molar-refractivity contribution in [1.82, 2.24) is 4.90 Å². The Bertz CT molecular complexity index is 447. The van der Waals surface area contributed by atoms with Crippen LogP contribution in [0, 0.1) is 0 Å². The number of carbonyl (C=O) groups is 1. The van der Waals surface area contributed by atoms with E-state index in [2.05, 4.69) is 0 Å². The van der Waals surface area contributed by atoms with E-state index in [-0.39, 0.29) is 11.9 Å². The van der Waals surface area contributed by atoms with Gasteiger partial charge in [0.2, 0.25) is 0 Å². The summed E-state index contributed by atoms with van der Waals surface area (Å²) in [5.74, 6) is 0.605. The fraction of sp³-hybridized carbons (Fsp3) is 0.533. The molecule has 1 aliphatic rings. The van der Waals surface area contributed by atoms with E-state index in [0.29, 0.717) is 11.3 Å². The lowest BCUT2D eigenvalue weighted by Gasteiger charge is -2.35. The number of amides is 1. The standard InChI is InChI=1S/C15H21NO3/c1-16(13-8-3-4-9-14(13)17)15(18)11-6-5-7-12(10-11)19-2/h5-7,10,13-14,17H,3-4,8-9H2,1-2H3/t13-,14+/m0/s1. The number of hydrogen-bond donors (Lipinski definition) is 1. The molecule has 2 rings (SSSR count). The number of nitrogens with zero attached hydrogens (tertiary/aromatic N) is 1. The maximum Gasteiger partial charge on any atom is 0.254 e. The van der Waals surface area contributed by atoms with E-state index in [0.717, 1.165) is 25.7 Å². The molecule has 1 fully saturated rings. The lowest BCUT2D eigenvalue weighted by molar-refractivity contribution is 0.0268. The molecular formula is C15H21NO3. The highest BCUT2D eigenvalue weighted by molar-refractivity contribution is 5.94. The first-order valence-electron chi connectivity index (χ1n) is 6.72. The van der Waals surface area contributed by atoms with Gasteiger partial charge in [-0.05, 0) is 31.0 Å². The van der Waals surface area contributed by atoms with Crippen LogP contribution in [0.5, 0.6) is 5.75 Å². The van der Waals surface area contributed by atoms with Gasteiger partial charge >= 0.3 is 0 Å². The van der Waals surface area contributed by atoms with Gasteiger partial charge in [-0.1, -0.05) is 18.9 Å². The molecule has 0 saturated heterocycles. The Morgan fingerprint density at radius 2 is 2.11 bits per heavy atom. The van der Waals surface area contributed by atoms with Gasteiger partial charge in [0.25, 0.3) is 5.91 Å². The Morgan fingerprint density at radius 3 is 2.79 bits per heavy atom. The Kier molecular flexibility index (Phi) is 4.43. The largest absolute Gasteiger partial charge is 0.497 e. The zero-order valence-corrected chi connectivity index (χ0v) is 11.5. The van der Waals surface area contributed by atoms with Gasteiger partial charge in [0.1, 0.15) is 5.75 Å². The number of aliphatic hydroxyl groups is 1. The van der Waals surface area contributed by atoms with Crippen LogP contribution in [0.3, 0.4) is 0 Å². The highest BCUT2D eigenvalue weighted by Gasteiger charge is 2.29. The van der Waals surface area contributed by atoms with Crippen molar-refractivity contribution < 1.29 is 14.6 Å². The third-order valence-corrected chi connectivity index (χ3v) is 3.83. The second kappa shape index (κ2) is 6.06. The molecule has 2 atom stereocenters. The molecule has 0 aromatic heterocycles. The zero-order chi connectivity index (χ0) is 13.8. The predicted molar refractivity (Wildman–Crippen MR) is 73.4 cm³/mol. The average molecular weight is 263 g/mol. The van der Waals surface area contributed by atoms with Crippen LogP contribution in [-0.2, 0) is 0 Å². The van der Waals surface area contributed by atoms with E-state index in [1.807, 2.05) is 6.07 Å². The topological polar surface area (TPSA) is 49.8 Å². The van der Waals surface area contributed by atoms with Gasteiger partial charge in [0.15, 0.2) is 0 Å². The third-order valence-electron chi connectivity index (χ3n) is 3.83. The summed E-state index contributed by atoms with van der Waals surface area (Å²) in [6, 6.07) is 7.04. The van der Waals surface area contributed by atoms with Crippen LogP contribution in [0.25, 0.3) is 0 Å². The van der Waals surface area contributed by atoms with Crippen LogP contribution in [0.4, 0.5) is 0 Å². The number of aliphatic hydroxyl groups excluding tert-OH is 1. The van der Waals surface area contributed by atoms with Gasteiger partial charge in [-0.25, -0.2) is 0 Å². The summed E-state index contributed by atoms with van der Waals surface area (Å²) in [6.07, 6.45) is 3.35.